The molecular formula is C35H48O8Si. The van der Waals surface area contributed by atoms with Crippen LogP contribution in [0.1, 0.15) is 67.0 Å². The van der Waals surface area contributed by atoms with E-state index in [1.54, 1.807) is 21.3 Å². The first-order chi connectivity index (χ1) is 21.0. The highest BCUT2D eigenvalue weighted by Gasteiger charge is 2.39. The highest BCUT2D eigenvalue weighted by atomic mass is 28.4. The van der Waals surface area contributed by atoms with E-state index in [2.05, 4.69) is 46.0 Å². The lowest BCUT2D eigenvalue weighted by atomic mass is 9.76. The molecule has 0 heterocycles. The first-order valence-electron chi connectivity index (χ1n) is 15.1. The van der Waals surface area contributed by atoms with Crippen molar-refractivity contribution in [2.75, 3.05) is 41.7 Å². The maximum Gasteiger partial charge on any atom is 0.250 e. The fourth-order valence-electron chi connectivity index (χ4n) is 5.29. The van der Waals surface area contributed by atoms with E-state index in [1.807, 2.05) is 42.5 Å². The van der Waals surface area contributed by atoms with Crippen LogP contribution in [0, 0.1) is 0 Å². The van der Waals surface area contributed by atoms with Gasteiger partial charge in [-0.25, -0.2) is 0 Å². The molecule has 240 valence electrons. The van der Waals surface area contributed by atoms with Crippen LogP contribution in [0.3, 0.4) is 0 Å². The first-order valence-corrected chi connectivity index (χ1v) is 18.0. The molecule has 0 aliphatic heterocycles. The Labute approximate surface area is 263 Å². The predicted molar refractivity (Wildman–Crippen MR) is 173 cm³/mol. The molecule has 2 atom stereocenters. The van der Waals surface area contributed by atoms with Crippen molar-refractivity contribution in [2.24, 2.45) is 0 Å². The molecule has 4 rings (SSSR count). The normalized spacial score (nSPS) is 15.8. The summed E-state index contributed by atoms with van der Waals surface area (Å²) in [7, 11) is 2.78. The molecule has 1 aliphatic carbocycles. The zero-order valence-electron chi connectivity index (χ0n) is 27.4. The quantitative estimate of drug-likeness (QED) is 0.147. The van der Waals surface area contributed by atoms with E-state index in [9.17, 15) is 5.11 Å². The fourth-order valence-corrected chi connectivity index (χ4v) is 6.32. The molecule has 0 spiro atoms. The molecule has 1 N–H and O–H groups in total. The van der Waals surface area contributed by atoms with Crippen molar-refractivity contribution in [3.63, 3.8) is 0 Å². The smallest absolute Gasteiger partial charge is 0.250 e. The van der Waals surface area contributed by atoms with Gasteiger partial charge in [0.2, 0.25) is 8.32 Å². The van der Waals surface area contributed by atoms with E-state index < -0.39 is 14.4 Å². The van der Waals surface area contributed by atoms with Gasteiger partial charge in [0.1, 0.15) is 29.1 Å². The number of ether oxygens (including phenoxy) is 6. The minimum Gasteiger partial charge on any atom is -0.544 e. The van der Waals surface area contributed by atoms with Crippen LogP contribution in [-0.2, 0) is 27.1 Å². The van der Waals surface area contributed by atoms with E-state index in [0.717, 1.165) is 46.6 Å². The summed E-state index contributed by atoms with van der Waals surface area (Å²) in [6.07, 6.45) is 1.49. The molecule has 3 aromatic rings. The summed E-state index contributed by atoms with van der Waals surface area (Å²) < 4.78 is 39.7. The van der Waals surface area contributed by atoms with Gasteiger partial charge < -0.3 is 38.0 Å². The van der Waals surface area contributed by atoms with Crippen molar-refractivity contribution < 1.29 is 38.0 Å². The first kappa shape index (κ1) is 33.8. The molecule has 0 fully saturated rings. The zero-order chi connectivity index (χ0) is 31.9. The van der Waals surface area contributed by atoms with Crippen molar-refractivity contribution in [2.45, 2.75) is 70.2 Å². The fraction of sp³-hybridized carbons (Fsp3) is 0.486. The molecule has 0 saturated carbocycles. The van der Waals surface area contributed by atoms with E-state index in [4.69, 9.17) is 32.8 Å². The van der Waals surface area contributed by atoms with Crippen molar-refractivity contribution in [3.05, 3.63) is 82.4 Å². The molecular weight excluding hydrogens is 576 g/mol. The van der Waals surface area contributed by atoms with Gasteiger partial charge in [0.15, 0.2) is 20.4 Å². The SMILES string of the molecule is COCOc1ccc(C2CCc3c(OCOC)cc(OCOC)c(C(O)c4ccc(O[Si](C)(C)C(C)(C)C)cc4)c3C2)cc1. The average molecular weight is 625 g/mol. The number of aliphatic hydroxyl groups is 1. The monoisotopic (exact) mass is 624 g/mol. The zero-order valence-corrected chi connectivity index (χ0v) is 28.4. The van der Waals surface area contributed by atoms with Gasteiger partial charge in [0, 0.05) is 33.0 Å². The van der Waals surface area contributed by atoms with Crippen LogP contribution in [0.15, 0.2) is 54.6 Å². The maximum absolute atomic E-state index is 12.0. The van der Waals surface area contributed by atoms with Crippen LogP contribution in [0.25, 0.3) is 0 Å². The Hall–Kier alpha value is -3.08. The Bertz CT molecular complexity index is 1350. The van der Waals surface area contributed by atoms with Gasteiger partial charge in [0.25, 0.3) is 0 Å². The van der Waals surface area contributed by atoms with Crippen molar-refractivity contribution in [1.82, 2.24) is 0 Å². The number of benzene rings is 3. The molecule has 44 heavy (non-hydrogen) atoms. The molecule has 0 saturated heterocycles. The predicted octanol–water partition coefficient (Wildman–Crippen LogP) is 7.37. The Kier molecular flexibility index (Phi) is 11.4. The van der Waals surface area contributed by atoms with Crippen LogP contribution in [-0.4, -0.2) is 55.1 Å². The third kappa shape index (κ3) is 7.95. The summed E-state index contributed by atoms with van der Waals surface area (Å²) in [6.45, 7) is 11.5. The lowest BCUT2D eigenvalue weighted by Gasteiger charge is -2.36. The molecule has 0 aromatic heterocycles. The van der Waals surface area contributed by atoms with E-state index in [-0.39, 0.29) is 31.3 Å². The maximum atomic E-state index is 12.0. The minimum atomic E-state index is -2.00. The summed E-state index contributed by atoms with van der Waals surface area (Å²) in [5, 5.41) is 12.1. The summed E-state index contributed by atoms with van der Waals surface area (Å²) in [5.41, 5.74) is 4.77. The summed E-state index contributed by atoms with van der Waals surface area (Å²) in [5.74, 6) is 3.03. The lowest BCUT2D eigenvalue weighted by molar-refractivity contribution is 0.0437. The van der Waals surface area contributed by atoms with Gasteiger partial charge in [-0.15, -0.1) is 0 Å². The van der Waals surface area contributed by atoms with Crippen molar-refractivity contribution in [1.29, 1.82) is 0 Å². The summed E-state index contributed by atoms with van der Waals surface area (Å²) in [4.78, 5) is 0. The Balaban J connectivity index is 1.72. The molecule has 8 nitrogen and oxygen atoms in total. The van der Waals surface area contributed by atoms with Gasteiger partial charge in [-0.3, -0.25) is 0 Å². The second-order valence-corrected chi connectivity index (χ2v) is 17.5. The Morgan fingerprint density at radius 2 is 1.34 bits per heavy atom. The molecule has 3 aromatic carbocycles. The van der Waals surface area contributed by atoms with Crippen molar-refractivity contribution in [3.8, 4) is 23.0 Å². The molecule has 0 radical (unpaired) electrons. The number of hydrogen-bond donors (Lipinski definition) is 1. The van der Waals surface area contributed by atoms with Crippen LogP contribution in [0.4, 0.5) is 0 Å². The molecule has 2 unspecified atom stereocenters. The summed E-state index contributed by atoms with van der Waals surface area (Å²) in [6, 6.07) is 17.8. The standard InChI is InChI=1S/C35H48O8Si/c1-35(2,3)44(7,8)43-28-16-11-25(12-17-28)34(36)33-30-19-26(24-9-14-27(15-10-24)40-21-37-4)13-18-29(30)31(41-22-38-5)20-32(33)42-23-39-6/h9-12,14-17,20,26,34,36H,13,18-19,21-23H2,1-8H3. The molecule has 1 aliphatic rings. The highest BCUT2D eigenvalue weighted by Crippen LogP contribution is 2.46. The van der Waals surface area contributed by atoms with Gasteiger partial charge in [-0.2, -0.15) is 0 Å². The van der Waals surface area contributed by atoms with Gasteiger partial charge >= 0.3 is 0 Å². The van der Waals surface area contributed by atoms with E-state index >= 15 is 0 Å². The van der Waals surface area contributed by atoms with Crippen LogP contribution < -0.4 is 18.6 Å². The third-order valence-corrected chi connectivity index (χ3v) is 13.1. The number of rotatable bonds is 14. The average Bonchev–Trinajstić information content (AvgIpc) is 3.00. The molecule has 9 heteroatoms. The van der Waals surface area contributed by atoms with Gasteiger partial charge in [-0.1, -0.05) is 45.0 Å². The second-order valence-electron chi connectivity index (χ2n) is 12.7. The van der Waals surface area contributed by atoms with Crippen LogP contribution in [0.5, 0.6) is 23.0 Å². The lowest BCUT2D eigenvalue weighted by Crippen LogP contribution is -2.43. The minimum absolute atomic E-state index is 0.0356. The second kappa shape index (κ2) is 14.8. The van der Waals surface area contributed by atoms with Crippen LogP contribution in [0.2, 0.25) is 18.1 Å². The number of fused-ring (bicyclic) bond motifs is 1. The third-order valence-electron chi connectivity index (χ3n) is 8.72. The number of methoxy groups -OCH3 is 3. The van der Waals surface area contributed by atoms with Crippen molar-refractivity contribution >= 4 is 8.32 Å². The Morgan fingerprint density at radius 3 is 1.93 bits per heavy atom. The highest BCUT2D eigenvalue weighted by molar-refractivity contribution is 6.74. The summed E-state index contributed by atoms with van der Waals surface area (Å²) >= 11 is 0. The molecule has 0 bridgehead atoms. The van der Waals surface area contributed by atoms with Gasteiger partial charge in [-0.05, 0) is 89.8 Å². The van der Waals surface area contributed by atoms with E-state index in [1.165, 1.54) is 5.56 Å². The number of hydrogen-bond acceptors (Lipinski definition) is 8. The Morgan fingerprint density at radius 1 is 0.773 bits per heavy atom. The topological polar surface area (TPSA) is 84.8 Å². The van der Waals surface area contributed by atoms with Crippen LogP contribution >= 0.6 is 0 Å². The largest absolute Gasteiger partial charge is 0.544 e. The molecule has 0 amide bonds. The van der Waals surface area contributed by atoms with E-state index in [0.29, 0.717) is 17.9 Å². The van der Waals surface area contributed by atoms with Gasteiger partial charge in [0.05, 0.1) is 0 Å². The number of aliphatic hydroxyl groups excluding tert-OH is 1.